The van der Waals surface area contributed by atoms with Gasteiger partial charge in [0.1, 0.15) is 0 Å². The molecule has 2 aromatic carbocycles. The third-order valence-electron chi connectivity index (χ3n) is 6.35. The third-order valence-corrected chi connectivity index (χ3v) is 6.35. The van der Waals surface area contributed by atoms with Crippen LogP contribution < -0.4 is 5.32 Å². The average molecular weight is 394 g/mol. The molecule has 1 aliphatic rings. The first kappa shape index (κ1) is 21.1. The molecule has 1 aliphatic carbocycles. The molecule has 4 nitrogen and oxygen atoms in total. The molecule has 2 aromatic rings. The molecule has 0 radical (unpaired) electrons. The third kappa shape index (κ3) is 4.07. The zero-order valence-electron chi connectivity index (χ0n) is 18.3. The fraction of sp³-hybridized carbons (Fsp3) is 0.440. The van der Waals surface area contributed by atoms with Crippen LogP contribution in [0.5, 0.6) is 0 Å². The van der Waals surface area contributed by atoms with Gasteiger partial charge in [-0.1, -0.05) is 45.9 Å². The lowest BCUT2D eigenvalue weighted by atomic mass is 9.61. The lowest BCUT2D eigenvalue weighted by molar-refractivity contribution is -0.136. The van der Waals surface area contributed by atoms with E-state index in [4.69, 9.17) is 5.11 Å². The van der Waals surface area contributed by atoms with E-state index in [1.807, 2.05) is 6.92 Å². The molecular formula is C25H31NO3. The van der Waals surface area contributed by atoms with Gasteiger partial charge in [-0.25, -0.2) is 0 Å². The maximum Gasteiger partial charge on any atom is 0.307 e. The number of hydrogen-bond donors (Lipinski definition) is 2. The molecule has 1 amide bonds. The number of rotatable bonds is 4. The van der Waals surface area contributed by atoms with Crippen LogP contribution in [0.1, 0.15) is 78.7 Å². The Morgan fingerprint density at radius 1 is 1.00 bits per heavy atom. The highest BCUT2D eigenvalue weighted by molar-refractivity contribution is 6.06. The van der Waals surface area contributed by atoms with E-state index in [9.17, 15) is 9.59 Å². The van der Waals surface area contributed by atoms with Gasteiger partial charge in [0.05, 0.1) is 6.42 Å². The number of aryl methyl sites for hydroxylation is 1. The standard InChI is InChI=1S/C25H31NO3/c1-15-13-19-22(25(5,6)12-11-24(19,3)4)16(2)21(15)23(29)26-18-9-7-17(8-10-18)14-20(27)28/h7-10,13H,11-12,14H2,1-6H3,(H,26,29)(H,27,28). The summed E-state index contributed by atoms with van der Waals surface area (Å²) in [7, 11) is 0. The van der Waals surface area contributed by atoms with Crippen LogP contribution in [-0.4, -0.2) is 17.0 Å². The molecule has 0 fully saturated rings. The first-order valence-electron chi connectivity index (χ1n) is 10.2. The normalized spacial score (nSPS) is 16.8. The molecule has 0 atom stereocenters. The largest absolute Gasteiger partial charge is 0.481 e. The minimum atomic E-state index is -0.868. The average Bonchev–Trinajstić information content (AvgIpc) is 2.59. The molecule has 0 unspecified atom stereocenters. The van der Waals surface area contributed by atoms with Gasteiger partial charge in [0, 0.05) is 11.3 Å². The maximum atomic E-state index is 13.2. The van der Waals surface area contributed by atoms with Crippen LogP contribution in [0.3, 0.4) is 0 Å². The lowest BCUT2D eigenvalue weighted by Gasteiger charge is -2.43. The molecule has 3 rings (SSSR count). The Kier molecular flexibility index (Phi) is 5.33. The van der Waals surface area contributed by atoms with Crippen molar-refractivity contribution in [2.45, 2.75) is 71.6 Å². The molecule has 154 valence electrons. The monoisotopic (exact) mass is 393 g/mol. The second-order valence-corrected chi connectivity index (χ2v) is 9.61. The van der Waals surface area contributed by atoms with Crippen LogP contribution in [0.4, 0.5) is 5.69 Å². The van der Waals surface area contributed by atoms with Crippen molar-refractivity contribution in [3.8, 4) is 0 Å². The van der Waals surface area contributed by atoms with Crippen molar-refractivity contribution in [3.05, 3.63) is 63.7 Å². The summed E-state index contributed by atoms with van der Waals surface area (Å²) < 4.78 is 0. The summed E-state index contributed by atoms with van der Waals surface area (Å²) >= 11 is 0. The molecule has 0 saturated carbocycles. The molecule has 0 heterocycles. The van der Waals surface area contributed by atoms with Crippen molar-refractivity contribution < 1.29 is 14.7 Å². The van der Waals surface area contributed by atoms with E-state index in [-0.39, 0.29) is 23.2 Å². The molecule has 0 saturated heterocycles. The van der Waals surface area contributed by atoms with E-state index in [1.165, 1.54) is 11.1 Å². The van der Waals surface area contributed by atoms with Crippen LogP contribution >= 0.6 is 0 Å². The summed E-state index contributed by atoms with van der Waals surface area (Å²) in [6.45, 7) is 13.2. The zero-order valence-corrected chi connectivity index (χ0v) is 18.3. The van der Waals surface area contributed by atoms with Crippen molar-refractivity contribution in [3.63, 3.8) is 0 Å². The molecule has 0 spiro atoms. The van der Waals surface area contributed by atoms with Gasteiger partial charge in [0.2, 0.25) is 0 Å². The second kappa shape index (κ2) is 7.33. The number of carboxylic acid groups (broad SMARTS) is 1. The van der Waals surface area contributed by atoms with Crippen LogP contribution in [0.25, 0.3) is 0 Å². The van der Waals surface area contributed by atoms with Gasteiger partial charge in [-0.3, -0.25) is 9.59 Å². The number of nitrogens with one attached hydrogen (secondary N) is 1. The van der Waals surface area contributed by atoms with E-state index in [2.05, 4.69) is 46.0 Å². The number of amides is 1. The predicted molar refractivity (Wildman–Crippen MR) is 117 cm³/mol. The van der Waals surface area contributed by atoms with Gasteiger partial charge in [0.25, 0.3) is 5.91 Å². The minimum absolute atomic E-state index is 0.0257. The van der Waals surface area contributed by atoms with E-state index >= 15 is 0 Å². The van der Waals surface area contributed by atoms with Crippen molar-refractivity contribution in [1.82, 2.24) is 0 Å². The van der Waals surface area contributed by atoms with E-state index in [0.29, 0.717) is 11.3 Å². The van der Waals surface area contributed by atoms with Crippen LogP contribution in [0.2, 0.25) is 0 Å². The van der Waals surface area contributed by atoms with Gasteiger partial charge >= 0.3 is 5.97 Å². The topological polar surface area (TPSA) is 66.4 Å². The molecule has 0 aliphatic heterocycles. The second-order valence-electron chi connectivity index (χ2n) is 9.61. The summed E-state index contributed by atoms with van der Waals surface area (Å²) in [5, 5.41) is 11.9. The summed E-state index contributed by atoms with van der Waals surface area (Å²) in [6.07, 6.45) is 2.21. The highest BCUT2D eigenvalue weighted by Gasteiger charge is 2.39. The first-order valence-corrected chi connectivity index (χ1v) is 10.2. The molecule has 0 bridgehead atoms. The van der Waals surface area contributed by atoms with Gasteiger partial charge in [-0.15, -0.1) is 0 Å². The molecule has 2 N–H and O–H groups in total. The van der Waals surface area contributed by atoms with Gasteiger partial charge < -0.3 is 10.4 Å². The predicted octanol–water partition coefficient (Wildman–Crippen LogP) is 5.53. The Hall–Kier alpha value is -2.62. The van der Waals surface area contributed by atoms with Gasteiger partial charge in [0.15, 0.2) is 0 Å². The number of carbonyl (C=O) groups excluding carboxylic acids is 1. The number of anilines is 1. The first-order chi connectivity index (χ1) is 13.4. The summed E-state index contributed by atoms with van der Waals surface area (Å²) in [5.74, 6) is -0.986. The Balaban J connectivity index is 1.97. The fourth-order valence-electron chi connectivity index (χ4n) is 4.70. The van der Waals surface area contributed by atoms with Crippen molar-refractivity contribution >= 4 is 17.6 Å². The quantitative estimate of drug-likeness (QED) is 0.717. The number of carboxylic acids is 1. The van der Waals surface area contributed by atoms with Gasteiger partial charge in [-0.05, 0) is 77.5 Å². The number of benzene rings is 2. The SMILES string of the molecule is Cc1cc2c(c(C)c1C(=O)Nc1ccc(CC(=O)O)cc1)C(C)(C)CCC2(C)C. The molecule has 0 aromatic heterocycles. The highest BCUT2D eigenvalue weighted by Crippen LogP contribution is 2.48. The summed E-state index contributed by atoms with van der Waals surface area (Å²) in [4.78, 5) is 24.0. The summed E-state index contributed by atoms with van der Waals surface area (Å²) in [6, 6.07) is 9.19. The van der Waals surface area contributed by atoms with Crippen LogP contribution in [0.15, 0.2) is 30.3 Å². The van der Waals surface area contributed by atoms with Crippen LogP contribution in [0, 0.1) is 13.8 Å². The maximum absolute atomic E-state index is 13.2. The zero-order chi connectivity index (χ0) is 21.6. The molecule has 4 heteroatoms. The molecule has 29 heavy (non-hydrogen) atoms. The van der Waals surface area contributed by atoms with E-state index in [0.717, 1.165) is 29.5 Å². The number of aliphatic carboxylic acids is 1. The van der Waals surface area contributed by atoms with Crippen molar-refractivity contribution in [2.24, 2.45) is 0 Å². The van der Waals surface area contributed by atoms with Crippen molar-refractivity contribution in [2.75, 3.05) is 5.32 Å². The smallest absolute Gasteiger partial charge is 0.307 e. The Labute approximate surface area is 173 Å². The number of hydrogen-bond acceptors (Lipinski definition) is 2. The minimum Gasteiger partial charge on any atom is -0.481 e. The van der Waals surface area contributed by atoms with E-state index in [1.54, 1.807) is 24.3 Å². The Bertz CT molecular complexity index is 969. The highest BCUT2D eigenvalue weighted by atomic mass is 16.4. The number of fused-ring (bicyclic) bond motifs is 1. The summed E-state index contributed by atoms with van der Waals surface area (Å²) in [5.41, 5.74) is 6.99. The molecular weight excluding hydrogens is 362 g/mol. The fourth-order valence-corrected chi connectivity index (χ4v) is 4.70. The van der Waals surface area contributed by atoms with Crippen LogP contribution in [-0.2, 0) is 22.0 Å². The van der Waals surface area contributed by atoms with Gasteiger partial charge in [-0.2, -0.15) is 0 Å². The Morgan fingerprint density at radius 2 is 1.59 bits per heavy atom. The lowest BCUT2D eigenvalue weighted by Crippen LogP contribution is -2.36. The van der Waals surface area contributed by atoms with Crippen molar-refractivity contribution in [1.29, 1.82) is 0 Å². The number of carbonyl (C=O) groups is 2. The Morgan fingerprint density at radius 3 is 2.17 bits per heavy atom. The van der Waals surface area contributed by atoms with E-state index < -0.39 is 5.97 Å².